The Morgan fingerprint density at radius 2 is 2.00 bits per heavy atom. The van der Waals surface area contributed by atoms with E-state index in [1.807, 2.05) is 0 Å². The third-order valence-corrected chi connectivity index (χ3v) is 5.46. The van der Waals surface area contributed by atoms with Crippen molar-refractivity contribution in [1.29, 1.82) is 0 Å². The number of halogens is 2. The number of fused-ring (bicyclic) bond motifs is 1. The number of aryl methyl sites for hydroxylation is 1. The minimum atomic E-state index is -0.449. The fraction of sp³-hybridized carbons (Fsp3) is 0.421. The largest absolute Gasteiger partial charge is 0.335 e. The number of rotatable bonds is 4. The standard InChI is InChI=1S/C19H21F2N5O2/c1-24-17-16(18(27)25(2)19(24)28)22-15(23-17)10-26-7-3-4-13(26)9-11-8-12(20)5-6-14(11)21/h5-6,8,13H,3-4,7,9-10H2,1-2H3,(H,22,23). The summed E-state index contributed by atoms with van der Waals surface area (Å²) < 4.78 is 29.8. The lowest BCUT2D eigenvalue weighted by Crippen LogP contribution is -2.36. The number of aromatic amines is 1. The number of hydrogen-bond acceptors (Lipinski definition) is 4. The molecule has 1 aromatic carbocycles. The number of imidazole rings is 1. The van der Waals surface area contributed by atoms with Crippen molar-refractivity contribution < 1.29 is 8.78 Å². The number of likely N-dealkylation sites (tertiary alicyclic amines) is 1. The molecule has 28 heavy (non-hydrogen) atoms. The van der Waals surface area contributed by atoms with Crippen LogP contribution in [0, 0.1) is 11.6 Å². The topological polar surface area (TPSA) is 75.9 Å². The second kappa shape index (κ2) is 6.97. The molecule has 7 nitrogen and oxygen atoms in total. The molecular weight excluding hydrogens is 368 g/mol. The molecule has 3 heterocycles. The zero-order valence-corrected chi connectivity index (χ0v) is 15.7. The van der Waals surface area contributed by atoms with Crippen molar-refractivity contribution in [2.24, 2.45) is 14.1 Å². The zero-order valence-electron chi connectivity index (χ0n) is 15.7. The van der Waals surface area contributed by atoms with Crippen LogP contribution in [0.25, 0.3) is 11.2 Å². The maximum Gasteiger partial charge on any atom is 0.332 e. The Kier molecular flexibility index (Phi) is 4.62. The van der Waals surface area contributed by atoms with Gasteiger partial charge in [0.05, 0.1) is 6.54 Å². The molecule has 0 saturated carbocycles. The number of aromatic nitrogens is 4. The Labute approximate surface area is 159 Å². The van der Waals surface area contributed by atoms with Gasteiger partial charge in [-0.25, -0.2) is 18.6 Å². The first kappa shape index (κ1) is 18.5. The highest BCUT2D eigenvalue weighted by molar-refractivity contribution is 5.69. The lowest BCUT2D eigenvalue weighted by Gasteiger charge is -2.23. The molecule has 1 fully saturated rings. The Morgan fingerprint density at radius 3 is 2.79 bits per heavy atom. The van der Waals surface area contributed by atoms with Crippen LogP contribution in [-0.2, 0) is 27.1 Å². The fourth-order valence-electron chi connectivity index (χ4n) is 3.93. The fourth-order valence-corrected chi connectivity index (χ4v) is 3.93. The van der Waals surface area contributed by atoms with E-state index in [1.54, 1.807) is 7.05 Å². The van der Waals surface area contributed by atoms with E-state index >= 15 is 0 Å². The van der Waals surface area contributed by atoms with Crippen molar-refractivity contribution in [3.63, 3.8) is 0 Å². The molecule has 0 bridgehead atoms. The van der Waals surface area contributed by atoms with Crippen LogP contribution < -0.4 is 11.2 Å². The summed E-state index contributed by atoms with van der Waals surface area (Å²) in [7, 11) is 2.99. The average molecular weight is 389 g/mol. The molecular formula is C19H21F2N5O2. The van der Waals surface area contributed by atoms with Crippen LogP contribution in [0.15, 0.2) is 27.8 Å². The van der Waals surface area contributed by atoms with Crippen LogP contribution >= 0.6 is 0 Å². The van der Waals surface area contributed by atoms with Gasteiger partial charge in [-0.3, -0.25) is 18.8 Å². The van der Waals surface area contributed by atoms with Gasteiger partial charge < -0.3 is 4.98 Å². The zero-order chi connectivity index (χ0) is 20.0. The van der Waals surface area contributed by atoms with Gasteiger partial charge >= 0.3 is 5.69 Å². The molecule has 9 heteroatoms. The maximum atomic E-state index is 14.0. The number of benzene rings is 1. The van der Waals surface area contributed by atoms with Gasteiger partial charge in [-0.2, -0.15) is 0 Å². The molecule has 0 radical (unpaired) electrons. The second-order valence-corrected chi connectivity index (χ2v) is 7.29. The Balaban J connectivity index is 1.60. The monoisotopic (exact) mass is 389 g/mol. The predicted octanol–water partition coefficient (Wildman–Crippen LogP) is 1.45. The third-order valence-electron chi connectivity index (χ3n) is 5.46. The molecule has 1 saturated heterocycles. The van der Waals surface area contributed by atoms with E-state index in [9.17, 15) is 18.4 Å². The molecule has 1 aliphatic heterocycles. The smallest absolute Gasteiger partial charge is 0.332 e. The van der Waals surface area contributed by atoms with Crippen molar-refractivity contribution >= 4 is 11.2 Å². The van der Waals surface area contributed by atoms with Crippen molar-refractivity contribution in [3.8, 4) is 0 Å². The van der Waals surface area contributed by atoms with E-state index in [2.05, 4.69) is 14.9 Å². The van der Waals surface area contributed by atoms with E-state index in [-0.39, 0.29) is 11.6 Å². The van der Waals surface area contributed by atoms with Crippen LogP contribution in [0.4, 0.5) is 8.78 Å². The third kappa shape index (κ3) is 3.15. The van der Waals surface area contributed by atoms with Gasteiger partial charge in [0.2, 0.25) is 0 Å². The van der Waals surface area contributed by atoms with Crippen molar-refractivity contribution in [2.45, 2.75) is 31.8 Å². The summed E-state index contributed by atoms with van der Waals surface area (Å²) in [4.78, 5) is 34.0. The summed E-state index contributed by atoms with van der Waals surface area (Å²) in [6.45, 7) is 1.24. The quantitative estimate of drug-likeness (QED) is 0.733. The van der Waals surface area contributed by atoms with Gasteiger partial charge in [0.15, 0.2) is 5.65 Å². The number of nitrogens with one attached hydrogen (secondary N) is 1. The molecule has 1 N–H and O–H groups in total. The van der Waals surface area contributed by atoms with Gasteiger partial charge in [0, 0.05) is 20.1 Å². The van der Waals surface area contributed by atoms with Crippen LogP contribution in [0.1, 0.15) is 24.2 Å². The van der Waals surface area contributed by atoms with E-state index in [4.69, 9.17) is 0 Å². The molecule has 0 amide bonds. The molecule has 4 rings (SSSR count). The Hall–Kier alpha value is -2.81. The predicted molar refractivity (Wildman–Crippen MR) is 100 cm³/mol. The van der Waals surface area contributed by atoms with Crippen molar-refractivity contribution in [1.82, 2.24) is 24.0 Å². The first-order valence-corrected chi connectivity index (χ1v) is 9.17. The van der Waals surface area contributed by atoms with Crippen LogP contribution in [0.3, 0.4) is 0 Å². The second-order valence-electron chi connectivity index (χ2n) is 7.29. The summed E-state index contributed by atoms with van der Waals surface area (Å²) in [5.74, 6) is -0.287. The Morgan fingerprint density at radius 1 is 1.21 bits per heavy atom. The molecule has 1 unspecified atom stereocenters. The van der Waals surface area contributed by atoms with Gasteiger partial charge in [0.1, 0.15) is 23.0 Å². The molecule has 2 aromatic heterocycles. The van der Waals surface area contributed by atoms with Crippen LogP contribution in [0.5, 0.6) is 0 Å². The SMILES string of the molecule is Cn1c(=O)c2[nH]c(CN3CCCC3Cc3cc(F)ccc3F)nc2n(C)c1=O. The lowest BCUT2D eigenvalue weighted by atomic mass is 10.0. The first-order valence-electron chi connectivity index (χ1n) is 9.17. The van der Waals surface area contributed by atoms with E-state index in [0.29, 0.717) is 30.0 Å². The first-order chi connectivity index (χ1) is 13.3. The summed E-state index contributed by atoms with van der Waals surface area (Å²) in [5, 5.41) is 0. The number of hydrogen-bond donors (Lipinski definition) is 1. The van der Waals surface area contributed by atoms with Gasteiger partial charge in [-0.15, -0.1) is 0 Å². The Bertz CT molecular complexity index is 1160. The molecule has 1 atom stereocenters. The van der Waals surface area contributed by atoms with Crippen LogP contribution in [0.2, 0.25) is 0 Å². The summed E-state index contributed by atoms with van der Waals surface area (Å²) in [6, 6.07) is 3.56. The number of H-pyrrole nitrogens is 1. The van der Waals surface area contributed by atoms with Gasteiger partial charge in [-0.05, 0) is 49.6 Å². The molecule has 1 aliphatic rings. The minimum absolute atomic E-state index is 0.0520. The average Bonchev–Trinajstić information content (AvgIpc) is 3.29. The van der Waals surface area contributed by atoms with Crippen molar-refractivity contribution in [2.75, 3.05) is 6.54 Å². The lowest BCUT2D eigenvalue weighted by molar-refractivity contribution is 0.237. The molecule has 148 valence electrons. The molecule has 0 spiro atoms. The minimum Gasteiger partial charge on any atom is -0.335 e. The van der Waals surface area contributed by atoms with E-state index < -0.39 is 22.9 Å². The highest BCUT2D eigenvalue weighted by Gasteiger charge is 2.27. The molecule has 3 aromatic rings. The highest BCUT2D eigenvalue weighted by Crippen LogP contribution is 2.24. The van der Waals surface area contributed by atoms with Crippen LogP contribution in [-0.4, -0.2) is 36.6 Å². The summed E-state index contributed by atoms with van der Waals surface area (Å²) >= 11 is 0. The number of nitrogens with zero attached hydrogens (tertiary/aromatic N) is 4. The van der Waals surface area contributed by atoms with E-state index in [1.165, 1.54) is 17.7 Å². The van der Waals surface area contributed by atoms with Crippen molar-refractivity contribution in [3.05, 3.63) is 62.1 Å². The van der Waals surface area contributed by atoms with Gasteiger partial charge in [-0.1, -0.05) is 0 Å². The van der Waals surface area contributed by atoms with Gasteiger partial charge in [0.25, 0.3) is 5.56 Å². The summed E-state index contributed by atoms with van der Waals surface area (Å²) in [5.41, 5.74) is 0.104. The maximum absolute atomic E-state index is 14.0. The summed E-state index contributed by atoms with van der Waals surface area (Å²) in [6.07, 6.45) is 2.22. The normalized spacial score (nSPS) is 17.6. The highest BCUT2D eigenvalue weighted by atomic mass is 19.1. The van der Waals surface area contributed by atoms with E-state index in [0.717, 1.165) is 36.1 Å². The molecule has 0 aliphatic carbocycles.